The number of aromatic hydroxyl groups is 1. The van der Waals surface area contributed by atoms with Gasteiger partial charge >= 0.3 is 0 Å². The van der Waals surface area contributed by atoms with Crippen molar-refractivity contribution in [2.24, 2.45) is 0 Å². The van der Waals surface area contributed by atoms with Crippen LogP contribution in [0.4, 0.5) is 4.39 Å². The van der Waals surface area contributed by atoms with Gasteiger partial charge in [0, 0.05) is 28.4 Å². The largest absolute Gasteiger partial charge is 0.508 e. The minimum atomic E-state index is -0.336. The van der Waals surface area contributed by atoms with Gasteiger partial charge in [0.2, 0.25) is 5.91 Å². The van der Waals surface area contributed by atoms with Crippen LogP contribution in [0.15, 0.2) is 46.9 Å². The van der Waals surface area contributed by atoms with E-state index in [9.17, 15) is 14.3 Å². The minimum Gasteiger partial charge on any atom is -0.508 e. The average molecular weight is 420 g/mol. The topological polar surface area (TPSA) is 49.3 Å². The lowest BCUT2D eigenvalue weighted by atomic mass is 9.87. The zero-order valence-electron chi connectivity index (χ0n) is 14.6. The summed E-state index contributed by atoms with van der Waals surface area (Å²) in [6, 6.07) is 11.5. The fraction of sp³-hybridized carbons (Fsp3) is 0.381. The van der Waals surface area contributed by atoms with Crippen molar-refractivity contribution in [3.63, 3.8) is 0 Å². The number of hydrogen-bond donors (Lipinski definition) is 2. The lowest BCUT2D eigenvalue weighted by molar-refractivity contribution is -0.122. The van der Waals surface area contributed by atoms with Crippen molar-refractivity contribution in [1.29, 1.82) is 0 Å². The summed E-state index contributed by atoms with van der Waals surface area (Å²) in [4.78, 5) is 12.7. The van der Waals surface area contributed by atoms with E-state index in [1.807, 2.05) is 6.07 Å². The molecule has 3 nitrogen and oxygen atoms in total. The molecular formula is C21H23BrFNO2. The van der Waals surface area contributed by atoms with Gasteiger partial charge in [-0.25, -0.2) is 4.39 Å². The molecule has 138 valence electrons. The first-order valence-electron chi connectivity index (χ1n) is 9.06. The second-order valence-electron chi connectivity index (χ2n) is 6.91. The maximum absolute atomic E-state index is 13.3. The molecule has 0 saturated heterocycles. The highest BCUT2D eigenvalue weighted by atomic mass is 79.9. The van der Waals surface area contributed by atoms with Gasteiger partial charge in [-0.05, 0) is 48.7 Å². The maximum Gasteiger partial charge on any atom is 0.221 e. The summed E-state index contributed by atoms with van der Waals surface area (Å²) in [5.74, 6) is -0.562. The minimum absolute atomic E-state index is 0.0365. The highest BCUT2D eigenvalue weighted by Gasteiger charge is 2.23. The molecule has 0 aromatic heterocycles. The van der Waals surface area contributed by atoms with Gasteiger partial charge in [0.15, 0.2) is 0 Å². The van der Waals surface area contributed by atoms with Crippen LogP contribution in [0.2, 0.25) is 0 Å². The van der Waals surface area contributed by atoms with E-state index in [-0.39, 0.29) is 35.9 Å². The third kappa shape index (κ3) is 4.85. The van der Waals surface area contributed by atoms with Gasteiger partial charge in [-0.1, -0.05) is 47.3 Å². The molecule has 1 atom stereocenters. The van der Waals surface area contributed by atoms with E-state index in [4.69, 9.17) is 0 Å². The Morgan fingerprint density at radius 2 is 1.85 bits per heavy atom. The number of phenols is 1. The van der Waals surface area contributed by atoms with Gasteiger partial charge in [0.25, 0.3) is 0 Å². The number of benzene rings is 2. The Labute approximate surface area is 161 Å². The zero-order valence-corrected chi connectivity index (χ0v) is 16.1. The Kier molecular flexibility index (Phi) is 6.30. The van der Waals surface area contributed by atoms with Crippen molar-refractivity contribution in [2.75, 3.05) is 0 Å². The van der Waals surface area contributed by atoms with Crippen LogP contribution in [-0.4, -0.2) is 17.1 Å². The van der Waals surface area contributed by atoms with Gasteiger partial charge < -0.3 is 10.4 Å². The van der Waals surface area contributed by atoms with Gasteiger partial charge in [0.05, 0.1) is 0 Å². The number of amides is 1. The van der Waals surface area contributed by atoms with Crippen LogP contribution in [-0.2, 0) is 4.79 Å². The molecule has 0 radical (unpaired) electrons. The normalized spacial score (nSPS) is 16.2. The van der Waals surface area contributed by atoms with Crippen molar-refractivity contribution in [2.45, 2.75) is 50.5 Å². The van der Waals surface area contributed by atoms with Gasteiger partial charge in [-0.2, -0.15) is 0 Å². The molecule has 0 bridgehead atoms. The number of rotatable bonds is 5. The monoisotopic (exact) mass is 419 g/mol. The first-order chi connectivity index (χ1) is 12.5. The van der Waals surface area contributed by atoms with E-state index in [0.717, 1.165) is 35.7 Å². The number of carbonyl (C=O) groups excluding carboxylic acids is 1. The van der Waals surface area contributed by atoms with Crippen molar-refractivity contribution in [1.82, 2.24) is 5.32 Å². The molecule has 0 spiro atoms. The molecule has 1 unspecified atom stereocenters. The van der Waals surface area contributed by atoms with E-state index in [2.05, 4.69) is 21.2 Å². The predicted molar refractivity (Wildman–Crippen MR) is 104 cm³/mol. The number of phenolic OH excluding ortho intramolecular Hbond substituents is 1. The number of nitrogens with one attached hydrogen (secondary N) is 1. The van der Waals surface area contributed by atoms with Gasteiger partial charge in [-0.15, -0.1) is 0 Å². The summed E-state index contributed by atoms with van der Waals surface area (Å²) in [7, 11) is 0. The molecule has 1 aliphatic rings. The molecule has 1 fully saturated rings. The standard InChI is InChI=1S/C21H23BrFNO2/c22-15-8-11-20(25)19(12-15)18(14-6-9-16(23)10-7-14)13-21(26)24-17-4-2-1-3-5-17/h6-12,17-18,25H,1-5,13H2,(H,24,26). The SMILES string of the molecule is O=C(CC(c1ccc(F)cc1)c1cc(Br)ccc1O)NC1CCCCC1. The molecule has 1 saturated carbocycles. The van der Waals surface area contributed by atoms with Gasteiger partial charge in [0.1, 0.15) is 11.6 Å². The highest BCUT2D eigenvalue weighted by Crippen LogP contribution is 2.36. The van der Waals surface area contributed by atoms with Crippen LogP contribution in [0.1, 0.15) is 55.6 Å². The molecule has 2 N–H and O–H groups in total. The summed E-state index contributed by atoms with van der Waals surface area (Å²) >= 11 is 3.42. The first-order valence-corrected chi connectivity index (χ1v) is 9.85. The quantitative estimate of drug-likeness (QED) is 0.693. The van der Waals surface area contributed by atoms with Gasteiger partial charge in [-0.3, -0.25) is 4.79 Å². The third-order valence-corrected chi connectivity index (χ3v) is 5.49. The van der Waals surface area contributed by atoms with E-state index in [1.54, 1.807) is 24.3 Å². The second-order valence-corrected chi connectivity index (χ2v) is 7.83. The van der Waals surface area contributed by atoms with Crippen LogP contribution >= 0.6 is 15.9 Å². The van der Waals surface area contributed by atoms with E-state index in [1.165, 1.54) is 18.6 Å². The van der Waals surface area contributed by atoms with Crippen LogP contribution in [0, 0.1) is 5.82 Å². The molecule has 5 heteroatoms. The molecule has 2 aromatic rings. The van der Waals surface area contributed by atoms with Crippen molar-refractivity contribution < 1.29 is 14.3 Å². The van der Waals surface area contributed by atoms with Crippen LogP contribution in [0.5, 0.6) is 5.75 Å². The lowest BCUT2D eigenvalue weighted by Crippen LogP contribution is -2.36. The third-order valence-electron chi connectivity index (χ3n) is 5.00. The van der Waals surface area contributed by atoms with E-state index >= 15 is 0 Å². The molecule has 1 aliphatic carbocycles. The molecule has 26 heavy (non-hydrogen) atoms. The van der Waals surface area contributed by atoms with Crippen molar-refractivity contribution in [3.8, 4) is 5.75 Å². The Hall–Kier alpha value is -1.88. The summed E-state index contributed by atoms with van der Waals surface area (Å²) in [5.41, 5.74) is 1.46. The summed E-state index contributed by atoms with van der Waals surface area (Å²) in [5, 5.41) is 13.5. The smallest absolute Gasteiger partial charge is 0.221 e. The Balaban J connectivity index is 1.84. The Morgan fingerprint density at radius 3 is 2.54 bits per heavy atom. The average Bonchev–Trinajstić information content (AvgIpc) is 2.63. The second kappa shape index (κ2) is 8.67. The maximum atomic E-state index is 13.3. The summed E-state index contributed by atoms with van der Waals surface area (Å²) in [6.45, 7) is 0. The molecule has 1 amide bonds. The van der Waals surface area contributed by atoms with E-state index < -0.39 is 0 Å². The fourth-order valence-electron chi connectivity index (χ4n) is 3.63. The number of halogens is 2. The van der Waals surface area contributed by atoms with Crippen molar-refractivity contribution in [3.05, 3.63) is 63.9 Å². The molecule has 2 aromatic carbocycles. The summed E-state index contributed by atoms with van der Waals surface area (Å²) < 4.78 is 14.2. The number of carbonyl (C=O) groups is 1. The molecule has 3 rings (SSSR count). The lowest BCUT2D eigenvalue weighted by Gasteiger charge is -2.25. The Bertz CT molecular complexity index is 757. The van der Waals surface area contributed by atoms with Crippen LogP contribution < -0.4 is 5.32 Å². The predicted octanol–water partition coefficient (Wildman–Crippen LogP) is 5.26. The Morgan fingerprint density at radius 1 is 1.15 bits per heavy atom. The van der Waals surface area contributed by atoms with Crippen molar-refractivity contribution >= 4 is 21.8 Å². The number of hydrogen-bond acceptors (Lipinski definition) is 2. The fourth-order valence-corrected chi connectivity index (χ4v) is 4.00. The molecule has 0 aliphatic heterocycles. The first kappa shape index (κ1) is 18.9. The molecular weight excluding hydrogens is 397 g/mol. The zero-order chi connectivity index (χ0) is 18.5. The van der Waals surface area contributed by atoms with Crippen LogP contribution in [0.3, 0.4) is 0 Å². The van der Waals surface area contributed by atoms with Crippen LogP contribution in [0.25, 0.3) is 0 Å². The van der Waals surface area contributed by atoms with E-state index in [0.29, 0.717) is 5.56 Å². The summed E-state index contributed by atoms with van der Waals surface area (Å²) in [6.07, 6.45) is 5.80. The highest BCUT2D eigenvalue weighted by molar-refractivity contribution is 9.10. The molecule has 0 heterocycles.